The van der Waals surface area contributed by atoms with E-state index in [4.69, 9.17) is 5.84 Å². The van der Waals surface area contributed by atoms with Gasteiger partial charge in [0.2, 0.25) is 0 Å². The maximum Gasteiger partial charge on any atom is 0.254 e. The van der Waals surface area contributed by atoms with Crippen LogP contribution in [0.1, 0.15) is 36.0 Å². The van der Waals surface area contributed by atoms with E-state index in [1.54, 1.807) is 18.3 Å². The fourth-order valence-electron chi connectivity index (χ4n) is 2.17. The van der Waals surface area contributed by atoms with Crippen molar-refractivity contribution in [2.45, 2.75) is 31.7 Å². The van der Waals surface area contributed by atoms with E-state index in [1.807, 2.05) is 4.90 Å². The van der Waals surface area contributed by atoms with Crippen molar-refractivity contribution < 1.29 is 4.79 Å². The third-order valence-corrected chi connectivity index (χ3v) is 3.56. The van der Waals surface area contributed by atoms with Crippen molar-refractivity contribution >= 4 is 11.7 Å². The zero-order valence-corrected chi connectivity index (χ0v) is 10.3. The molecule has 5 heteroatoms. The highest BCUT2D eigenvalue weighted by molar-refractivity contribution is 5.95. The Labute approximate surface area is 106 Å². The number of hydrazine groups is 1. The lowest BCUT2D eigenvalue weighted by Gasteiger charge is -2.22. The zero-order valence-electron chi connectivity index (χ0n) is 10.3. The molecule has 0 spiro atoms. The van der Waals surface area contributed by atoms with Gasteiger partial charge in [0.1, 0.15) is 5.82 Å². The Morgan fingerprint density at radius 1 is 1.44 bits per heavy atom. The molecule has 2 fully saturated rings. The van der Waals surface area contributed by atoms with Gasteiger partial charge >= 0.3 is 0 Å². The molecule has 2 aliphatic carbocycles. The molecule has 2 aliphatic rings. The fourth-order valence-corrected chi connectivity index (χ4v) is 2.17. The van der Waals surface area contributed by atoms with Gasteiger partial charge in [-0.2, -0.15) is 0 Å². The van der Waals surface area contributed by atoms with Gasteiger partial charge in [0.15, 0.2) is 0 Å². The van der Waals surface area contributed by atoms with Crippen molar-refractivity contribution in [1.82, 2.24) is 9.88 Å². The first-order chi connectivity index (χ1) is 8.78. The summed E-state index contributed by atoms with van der Waals surface area (Å²) in [7, 11) is 0. The third kappa shape index (κ3) is 2.46. The molecule has 0 aliphatic heterocycles. The highest BCUT2D eigenvalue weighted by atomic mass is 16.2. The molecule has 0 aromatic carbocycles. The highest BCUT2D eigenvalue weighted by Crippen LogP contribution is 2.35. The Hall–Kier alpha value is -1.62. The summed E-state index contributed by atoms with van der Waals surface area (Å²) in [5, 5.41) is 0. The Kier molecular flexibility index (Phi) is 2.91. The van der Waals surface area contributed by atoms with Gasteiger partial charge in [-0.25, -0.2) is 10.8 Å². The van der Waals surface area contributed by atoms with Gasteiger partial charge in [-0.05, 0) is 43.7 Å². The summed E-state index contributed by atoms with van der Waals surface area (Å²) in [4.78, 5) is 18.5. The lowest BCUT2D eigenvalue weighted by atomic mass is 10.2. The normalized spacial score (nSPS) is 18.5. The first kappa shape index (κ1) is 11.5. The Morgan fingerprint density at radius 3 is 2.83 bits per heavy atom. The van der Waals surface area contributed by atoms with Gasteiger partial charge < -0.3 is 10.3 Å². The van der Waals surface area contributed by atoms with Crippen molar-refractivity contribution in [3.63, 3.8) is 0 Å². The number of hydrogen-bond acceptors (Lipinski definition) is 4. The molecule has 0 unspecified atom stereocenters. The zero-order chi connectivity index (χ0) is 12.5. The van der Waals surface area contributed by atoms with Crippen LogP contribution in [-0.2, 0) is 0 Å². The molecule has 1 aromatic rings. The van der Waals surface area contributed by atoms with Crippen LogP contribution in [0.15, 0.2) is 18.3 Å². The van der Waals surface area contributed by atoms with E-state index >= 15 is 0 Å². The van der Waals surface area contributed by atoms with Crippen molar-refractivity contribution in [1.29, 1.82) is 0 Å². The first-order valence-electron chi connectivity index (χ1n) is 6.51. The number of rotatable bonds is 5. The summed E-state index contributed by atoms with van der Waals surface area (Å²) in [6, 6.07) is 3.93. The number of nitrogens with two attached hydrogens (primary N) is 1. The third-order valence-electron chi connectivity index (χ3n) is 3.56. The summed E-state index contributed by atoms with van der Waals surface area (Å²) in [5.41, 5.74) is 3.15. The second-order valence-corrected chi connectivity index (χ2v) is 5.21. The fraction of sp³-hybridized carbons (Fsp3) is 0.538. The maximum absolute atomic E-state index is 12.5. The molecular formula is C13H18N4O. The molecule has 0 saturated heterocycles. The van der Waals surface area contributed by atoms with Gasteiger partial charge in [0.25, 0.3) is 5.91 Å². The van der Waals surface area contributed by atoms with Crippen LogP contribution in [0.5, 0.6) is 0 Å². The summed E-state index contributed by atoms with van der Waals surface area (Å²) in [5.74, 6) is 6.69. The molecule has 0 bridgehead atoms. The number of aromatic nitrogens is 1. The molecule has 18 heavy (non-hydrogen) atoms. The lowest BCUT2D eigenvalue weighted by Crippen LogP contribution is -2.35. The number of pyridine rings is 1. The van der Waals surface area contributed by atoms with Gasteiger partial charge in [0, 0.05) is 24.3 Å². The van der Waals surface area contributed by atoms with Crippen molar-refractivity contribution in [2.75, 3.05) is 12.0 Å². The number of anilines is 1. The summed E-state index contributed by atoms with van der Waals surface area (Å²) in [6.07, 6.45) is 6.44. The minimum absolute atomic E-state index is 0.114. The van der Waals surface area contributed by atoms with Crippen LogP contribution in [0.2, 0.25) is 0 Å². The number of carbonyl (C=O) groups excluding carboxylic acids is 1. The summed E-state index contributed by atoms with van der Waals surface area (Å²) >= 11 is 0. The monoisotopic (exact) mass is 246 g/mol. The maximum atomic E-state index is 12.5. The minimum Gasteiger partial charge on any atom is -0.335 e. The van der Waals surface area contributed by atoms with E-state index in [1.165, 1.54) is 12.8 Å². The molecule has 0 atom stereocenters. The number of nitrogens with one attached hydrogen (secondary N) is 1. The van der Waals surface area contributed by atoms with Crippen molar-refractivity contribution in [3.05, 3.63) is 23.9 Å². The molecule has 3 rings (SSSR count). The smallest absolute Gasteiger partial charge is 0.254 e. The van der Waals surface area contributed by atoms with Gasteiger partial charge in [0.05, 0.1) is 0 Å². The van der Waals surface area contributed by atoms with Crippen LogP contribution in [0.4, 0.5) is 5.82 Å². The van der Waals surface area contributed by atoms with Crippen LogP contribution in [-0.4, -0.2) is 28.4 Å². The molecule has 1 aromatic heterocycles. The number of carbonyl (C=O) groups is 1. The molecule has 2 saturated carbocycles. The van der Waals surface area contributed by atoms with Crippen LogP contribution < -0.4 is 11.3 Å². The first-order valence-corrected chi connectivity index (χ1v) is 6.51. The van der Waals surface area contributed by atoms with Crippen LogP contribution >= 0.6 is 0 Å². The van der Waals surface area contributed by atoms with E-state index in [-0.39, 0.29) is 5.91 Å². The van der Waals surface area contributed by atoms with Crippen LogP contribution in [0.3, 0.4) is 0 Å². The van der Waals surface area contributed by atoms with Crippen LogP contribution in [0.25, 0.3) is 0 Å². The van der Waals surface area contributed by atoms with Gasteiger partial charge in [-0.3, -0.25) is 4.79 Å². The SMILES string of the molecule is NNc1cc(C(=O)N(CC2CC2)C2CC2)ccn1. The molecule has 5 nitrogen and oxygen atoms in total. The van der Waals surface area contributed by atoms with Crippen molar-refractivity contribution in [2.24, 2.45) is 11.8 Å². The second kappa shape index (κ2) is 4.57. The molecule has 1 heterocycles. The number of nitrogen functional groups attached to an aromatic ring is 1. The van der Waals surface area contributed by atoms with E-state index in [9.17, 15) is 4.79 Å². The molecular weight excluding hydrogens is 228 g/mol. The highest BCUT2D eigenvalue weighted by Gasteiger charge is 2.36. The molecule has 0 radical (unpaired) electrons. The van der Waals surface area contributed by atoms with Gasteiger partial charge in [-0.15, -0.1) is 0 Å². The quantitative estimate of drug-likeness (QED) is 0.608. The predicted octanol–water partition coefficient (Wildman–Crippen LogP) is 1.38. The second-order valence-electron chi connectivity index (χ2n) is 5.21. The number of hydrogen-bond donors (Lipinski definition) is 2. The van der Waals surface area contributed by atoms with Crippen LogP contribution in [0, 0.1) is 5.92 Å². The largest absolute Gasteiger partial charge is 0.335 e. The topological polar surface area (TPSA) is 71.2 Å². The molecule has 3 N–H and O–H groups in total. The average molecular weight is 246 g/mol. The summed E-state index contributed by atoms with van der Waals surface area (Å²) in [6.45, 7) is 0.914. The lowest BCUT2D eigenvalue weighted by molar-refractivity contribution is 0.0734. The van der Waals surface area contributed by atoms with E-state index in [2.05, 4.69) is 10.4 Å². The summed E-state index contributed by atoms with van der Waals surface area (Å²) < 4.78 is 0. The Balaban J connectivity index is 1.77. The van der Waals surface area contributed by atoms with E-state index in [0.29, 0.717) is 17.4 Å². The Morgan fingerprint density at radius 2 is 2.22 bits per heavy atom. The standard InChI is InChI=1S/C13H18N4O/c14-16-12-7-10(5-6-15-12)13(18)17(11-3-4-11)8-9-1-2-9/h5-7,9,11H,1-4,8,14H2,(H,15,16). The van der Waals surface area contributed by atoms with E-state index < -0.39 is 0 Å². The number of nitrogens with zero attached hydrogens (tertiary/aromatic N) is 2. The van der Waals surface area contributed by atoms with Crippen molar-refractivity contribution in [3.8, 4) is 0 Å². The average Bonchev–Trinajstić information content (AvgIpc) is 3.28. The van der Waals surface area contributed by atoms with E-state index in [0.717, 1.165) is 25.3 Å². The predicted molar refractivity (Wildman–Crippen MR) is 68.8 cm³/mol. The molecule has 96 valence electrons. The minimum atomic E-state index is 0.114. The Bertz CT molecular complexity index is 454. The van der Waals surface area contributed by atoms with Gasteiger partial charge in [-0.1, -0.05) is 0 Å². The molecule has 1 amide bonds. The number of amides is 1.